The molecule has 0 unspecified atom stereocenters. The predicted octanol–water partition coefficient (Wildman–Crippen LogP) is 6.56. The lowest BCUT2D eigenvalue weighted by Gasteiger charge is -2.13. The molecule has 4 rings (SSSR count). The van der Waals surface area contributed by atoms with Gasteiger partial charge in [-0.3, -0.25) is 9.36 Å². The van der Waals surface area contributed by atoms with Gasteiger partial charge in [-0.05, 0) is 42.0 Å². The monoisotopic (exact) mass is 546 g/mol. The van der Waals surface area contributed by atoms with E-state index in [1.165, 1.54) is 5.56 Å². The minimum atomic E-state index is -0.207. The maximum absolute atomic E-state index is 12.6. The molecule has 3 aromatic carbocycles. The van der Waals surface area contributed by atoms with Crippen LogP contribution in [0.15, 0.2) is 82.4 Å². The van der Waals surface area contributed by atoms with Crippen LogP contribution in [0.1, 0.15) is 21.7 Å². The minimum absolute atomic E-state index is 0.184. The smallest absolute Gasteiger partial charge is 0.251 e. The maximum Gasteiger partial charge on any atom is 0.251 e. The number of rotatable bonds is 7. The lowest BCUT2D eigenvalue weighted by Crippen LogP contribution is -2.24. The van der Waals surface area contributed by atoms with E-state index in [4.69, 9.17) is 23.2 Å². The van der Waals surface area contributed by atoms with Gasteiger partial charge < -0.3 is 5.32 Å². The summed E-state index contributed by atoms with van der Waals surface area (Å²) in [5.74, 6) is 1.07. The molecule has 0 saturated carbocycles. The number of carbonyl (C=O) groups is 1. The Hall–Kier alpha value is -2.32. The molecule has 1 N–H and O–H groups in total. The Kier molecular flexibility index (Phi) is 7.52. The lowest BCUT2D eigenvalue weighted by atomic mass is 10.2. The molecule has 162 valence electrons. The first-order valence-electron chi connectivity index (χ1n) is 9.61. The van der Waals surface area contributed by atoms with Crippen LogP contribution >= 0.6 is 50.9 Å². The van der Waals surface area contributed by atoms with E-state index in [0.717, 1.165) is 4.47 Å². The third-order valence-corrected chi connectivity index (χ3v) is 6.59. The molecule has 0 aliphatic heterocycles. The zero-order valence-corrected chi connectivity index (χ0v) is 20.5. The molecule has 0 aliphatic rings. The summed E-state index contributed by atoms with van der Waals surface area (Å²) in [6.07, 6.45) is 0. The molecule has 4 aromatic rings. The number of carbonyl (C=O) groups excluding carboxylic acids is 1. The Morgan fingerprint density at radius 2 is 1.81 bits per heavy atom. The lowest BCUT2D eigenvalue weighted by molar-refractivity contribution is 0.0949. The van der Waals surface area contributed by atoms with E-state index in [0.29, 0.717) is 38.0 Å². The number of hydrogen-bond acceptors (Lipinski definition) is 4. The fourth-order valence-corrected chi connectivity index (χ4v) is 4.84. The molecule has 1 heterocycles. The SMILES string of the molecule is O=C(NCc1nnc(SCc2ccccc2)n1-c1ccc(Cl)cc1Cl)c1cccc(Br)c1. The Bertz CT molecular complexity index is 1250. The summed E-state index contributed by atoms with van der Waals surface area (Å²) < 4.78 is 2.69. The predicted molar refractivity (Wildman–Crippen MR) is 133 cm³/mol. The molecule has 1 amide bonds. The molecule has 0 aliphatic carbocycles. The van der Waals surface area contributed by atoms with Gasteiger partial charge in [0.2, 0.25) is 0 Å². The van der Waals surface area contributed by atoms with Gasteiger partial charge in [-0.2, -0.15) is 0 Å². The molecule has 5 nitrogen and oxygen atoms in total. The van der Waals surface area contributed by atoms with E-state index >= 15 is 0 Å². The van der Waals surface area contributed by atoms with Gasteiger partial charge in [0, 0.05) is 20.8 Å². The molecule has 0 spiro atoms. The van der Waals surface area contributed by atoms with Crippen LogP contribution in [0.25, 0.3) is 5.69 Å². The fourth-order valence-electron chi connectivity index (χ4n) is 3.03. The standard InChI is InChI=1S/C23H17BrCl2N4OS/c24-17-8-4-7-16(11-17)22(31)27-13-21-28-29-23(32-14-15-5-2-1-3-6-15)30(21)20-10-9-18(25)12-19(20)26/h1-12H,13-14H2,(H,27,31). The Morgan fingerprint density at radius 3 is 2.56 bits per heavy atom. The van der Waals surface area contributed by atoms with Gasteiger partial charge in [0.25, 0.3) is 5.91 Å². The third-order valence-electron chi connectivity index (χ3n) is 4.56. The first kappa shape index (κ1) is 22.9. The zero-order chi connectivity index (χ0) is 22.5. The largest absolute Gasteiger partial charge is 0.345 e. The van der Waals surface area contributed by atoms with Crippen molar-refractivity contribution < 1.29 is 4.79 Å². The van der Waals surface area contributed by atoms with E-state index in [2.05, 4.69) is 43.6 Å². The van der Waals surface area contributed by atoms with E-state index < -0.39 is 0 Å². The van der Waals surface area contributed by atoms with Crippen molar-refractivity contribution >= 4 is 56.8 Å². The van der Waals surface area contributed by atoms with Crippen LogP contribution in [0.3, 0.4) is 0 Å². The van der Waals surface area contributed by atoms with Crippen molar-refractivity contribution in [2.75, 3.05) is 0 Å². The maximum atomic E-state index is 12.6. The van der Waals surface area contributed by atoms with Crippen molar-refractivity contribution in [3.8, 4) is 5.69 Å². The summed E-state index contributed by atoms with van der Waals surface area (Å²) >= 11 is 17.5. The Labute approximate surface area is 208 Å². The second-order valence-corrected chi connectivity index (χ2v) is 9.50. The normalized spacial score (nSPS) is 10.8. The molecule has 0 fully saturated rings. The van der Waals surface area contributed by atoms with Crippen LogP contribution in [0.4, 0.5) is 0 Å². The Morgan fingerprint density at radius 1 is 1.00 bits per heavy atom. The van der Waals surface area contributed by atoms with Gasteiger partial charge in [-0.1, -0.05) is 87.3 Å². The number of nitrogens with zero attached hydrogens (tertiary/aromatic N) is 3. The van der Waals surface area contributed by atoms with Gasteiger partial charge >= 0.3 is 0 Å². The van der Waals surface area contributed by atoms with Gasteiger partial charge in [0.1, 0.15) is 0 Å². The van der Waals surface area contributed by atoms with Crippen molar-refractivity contribution in [3.63, 3.8) is 0 Å². The summed E-state index contributed by atoms with van der Waals surface area (Å²) in [6, 6.07) is 22.5. The number of hydrogen-bond donors (Lipinski definition) is 1. The van der Waals surface area contributed by atoms with Gasteiger partial charge in [0.15, 0.2) is 11.0 Å². The molecular weight excluding hydrogens is 531 g/mol. The average molecular weight is 548 g/mol. The number of thioether (sulfide) groups is 1. The summed E-state index contributed by atoms with van der Waals surface area (Å²) in [5, 5.41) is 13.3. The molecule has 9 heteroatoms. The van der Waals surface area contributed by atoms with Crippen molar-refractivity contribution in [2.45, 2.75) is 17.5 Å². The number of amides is 1. The highest BCUT2D eigenvalue weighted by molar-refractivity contribution is 9.10. The van der Waals surface area contributed by atoms with Crippen LogP contribution in [0.5, 0.6) is 0 Å². The number of benzene rings is 3. The molecule has 32 heavy (non-hydrogen) atoms. The molecule has 0 radical (unpaired) electrons. The number of nitrogens with one attached hydrogen (secondary N) is 1. The van der Waals surface area contributed by atoms with Crippen LogP contribution in [0, 0.1) is 0 Å². The summed E-state index contributed by atoms with van der Waals surface area (Å²) in [6.45, 7) is 0.184. The first-order chi connectivity index (χ1) is 15.5. The van der Waals surface area contributed by atoms with Crippen LogP contribution in [-0.2, 0) is 12.3 Å². The second kappa shape index (κ2) is 10.5. The third kappa shape index (κ3) is 5.53. The highest BCUT2D eigenvalue weighted by Gasteiger charge is 2.18. The van der Waals surface area contributed by atoms with Crippen LogP contribution < -0.4 is 5.32 Å². The Balaban J connectivity index is 1.61. The molecule has 1 aromatic heterocycles. The van der Waals surface area contributed by atoms with Crippen molar-refractivity contribution in [3.05, 3.63) is 104 Å². The summed E-state index contributed by atoms with van der Waals surface area (Å²) in [7, 11) is 0. The summed E-state index contributed by atoms with van der Waals surface area (Å²) in [4.78, 5) is 12.6. The van der Waals surface area contributed by atoms with E-state index in [-0.39, 0.29) is 12.5 Å². The van der Waals surface area contributed by atoms with Crippen LogP contribution in [-0.4, -0.2) is 20.7 Å². The van der Waals surface area contributed by atoms with Crippen molar-refractivity contribution in [1.82, 2.24) is 20.1 Å². The quantitative estimate of drug-likeness (QED) is 0.266. The molecule has 0 bridgehead atoms. The fraction of sp³-hybridized carbons (Fsp3) is 0.0870. The van der Waals surface area contributed by atoms with E-state index in [1.807, 2.05) is 41.0 Å². The second-order valence-electron chi connectivity index (χ2n) is 6.80. The van der Waals surface area contributed by atoms with Crippen LogP contribution in [0.2, 0.25) is 10.0 Å². The summed E-state index contributed by atoms with van der Waals surface area (Å²) in [5.41, 5.74) is 2.41. The minimum Gasteiger partial charge on any atom is -0.345 e. The number of aromatic nitrogens is 3. The molecular formula is C23H17BrCl2N4OS. The van der Waals surface area contributed by atoms with Gasteiger partial charge in [-0.25, -0.2) is 0 Å². The van der Waals surface area contributed by atoms with Gasteiger partial charge in [0.05, 0.1) is 17.3 Å². The van der Waals surface area contributed by atoms with Crippen molar-refractivity contribution in [1.29, 1.82) is 0 Å². The first-order valence-corrected chi connectivity index (χ1v) is 12.1. The zero-order valence-electron chi connectivity index (χ0n) is 16.6. The molecule has 0 saturated heterocycles. The highest BCUT2D eigenvalue weighted by atomic mass is 79.9. The topological polar surface area (TPSA) is 59.8 Å². The van der Waals surface area contributed by atoms with Gasteiger partial charge in [-0.15, -0.1) is 10.2 Å². The average Bonchev–Trinajstić information content (AvgIpc) is 3.19. The van der Waals surface area contributed by atoms with Crippen molar-refractivity contribution in [2.24, 2.45) is 0 Å². The highest BCUT2D eigenvalue weighted by Crippen LogP contribution is 2.30. The van der Waals surface area contributed by atoms with E-state index in [1.54, 1.807) is 36.0 Å². The number of halogens is 3. The molecule has 0 atom stereocenters. The van der Waals surface area contributed by atoms with E-state index in [9.17, 15) is 4.79 Å².